The Hall–Kier alpha value is -2.31. The summed E-state index contributed by atoms with van der Waals surface area (Å²) in [6, 6.07) is 0. The van der Waals surface area contributed by atoms with E-state index in [0.29, 0.717) is 37.7 Å². The molecule has 1 aliphatic carbocycles. The van der Waals surface area contributed by atoms with E-state index < -0.39 is 90.8 Å². The minimum Gasteiger partial charge on any atom is -0.462 e. The zero-order valence-corrected chi connectivity index (χ0v) is 37.6. The van der Waals surface area contributed by atoms with Crippen LogP contribution in [0.25, 0.3) is 0 Å². The molecule has 0 saturated carbocycles. The zero-order valence-electron chi connectivity index (χ0n) is 37.6. The van der Waals surface area contributed by atoms with Crippen molar-refractivity contribution in [1.82, 2.24) is 0 Å². The predicted octanol–water partition coefficient (Wildman–Crippen LogP) is 5.40. The summed E-state index contributed by atoms with van der Waals surface area (Å²) in [5.41, 5.74) is 0.629. The Morgan fingerprint density at radius 2 is 1.57 bits per heavy atom. The summed E-state index contributed by atoms with van der Waals surface area (Å²) >= 11 is 0. The summed E-state index contributed by atoms with van der Waals surface area (Å²) in [5, 5.41) is 23.2. The normalized spacial score (nSPS) is 48.1. The average Bonchev–Trinajstić information content (AvgIpc) is 3.56. The number of rotatable bonds is 8. The van der Waals surface area contributed by atoms with Crippen molar-refractivity contribution < 1.29 is 67.1 Å². The molecule has 6 aliphatic heterocycles. The van der Waals surface area contributed by atoms with Gasteiger partial charge in [-0.25, -0.2) is 0 Å². The first kappa shape index (κ1) is 46.7. The Balaban J connectivity index is 1.18. The van der Waals surface area contributed by atoms with Crippen molar-refractivity contribution in [3.63, 3.8) is 0 Å². The van der Waals surface area contributed by atoms with Crippen LogP contribution in [0.15, 0.2) is 59.3 Å². The Labute approximate surface area is 361 Å². The molecule has 61 heavy (non-hydrogen) atoms. The van der Waals surface area contributed by atoms with Gasteiger partial charge < -0.3 is 62.3 Å². The second kappa shape index (κ2) is 19.4. The molecule has 0 aromatic carbocycles. The van der Waals surface area contributed by atoms with E-state index in [1.807, 2.05) is 38.2 Å². The van der Waals surface area contributed by atoms with Crippen LogP contribution in [-0.4, -0.2) is 141 Å². The first-order chi connectivity index (χ1) is 29.1. The third-order valence-corrected chi connectivity index (χ3v) is 13.9. The number of methoxy groups -OCH3 is 3. The fourth-order valence-electron chi connectivity index (χ4n) is 10.3. The van der Waals surface area contributed by atoms with Gasteiger partial charge in [-0.2, -0.15) is 0 Å². The summed E-state index contributed by atoms with van der Waals surface area (Å²) < 4.78 is 69.5. The molecule has 6 heterocycles. The second-order valence-corrected chi connectivity index (χ2v) is 18.5. The van der Waals surface area contributed by atoms with E-state index >= 15 is 0 Å². The molecule has 342 valence electrons. The Morgan fingerprint density at radius 1 is 0.852 bits per heavy atom. The van der Waals surface area contributed by atoms with Crippen LogP contribution in [-0.2, 0) is 56.9 Å². The highest BCUT2D eigenvalue weighted by Gasteiger charge is 2.60. The number of hydrogen-bond donors (Lipinski definition) is 2. The molecule has 0 amide bonds. The van der Waals surface area contributed by atoms with Crippen molar-refractivity contribution in [2.75, 3.05) is 27.9 Å². The number of esters is 1. The van der Waals surface area contributed by atoms with Gasteiger partial charge in [-0.15, -0.1) is 0 Å². The molecule has 0 aromatic rings. The fraction of sp³-hybridized carbons (Fsp3) is 0.766. The van der Waals surface area contributed by atoms with Gasteiger partial charge in [0, 0.05) is 52.9 Å². The molecule has 14 nitrogen and oxygen atoms in total. The standard InChI is InChI=1S/C47H70O14/c1-25(2)35-15-12-18-46(61-35)23-33-20-32(60-46)17-16-27(4)41(58-39-22-37(52-9)43(30(7)56-39)59-38-21-36(51-8)40(48)29(6)55-38)26(3)13-11-14-31-24-54-44-42(53-10)28(5)19-34(45(49)57-33)47(31,44)50/h11-14,16,18-19,25-26,29-30,32-44,48,50H,15,17,20-24H2,1-10H3/b13-11+,27-16+,31-14+. The van der Waals surface area contributed by atoms with Crippen molar-refractivity contribution in [2.45, 2.75) is 184 Å². The second-order valence-electron chi connectivity index (χ2n) is 18.5. The average molecular weight is 859 g/mol. The fourth-order valence-corrected chi connectivity index (χ4v) is 10.3. The van der Waals surface area contributed by atoms with Crippen LogP contribution in [0, 0.1) is 17.8 Å². The molecule has 18 atom stereocenters. The summed E-state index contributed by atoms with van der Waals surface area (Å²) in [4.78, 5) is 14.4. The number of fused-ring (bicyclic) bond motifs is 2. The first-order valence-electron chi connectivity index (χ1n) is 22.3. The van der Waals surface area contributed by atoms with Crippen LogP contribution >= 0.6 is 0 Å². The maximum absolute atomic E-state index is 14.4. The van der Waals surface area contributed by atoms with Crippen molar-refractivity contribution in [3.05, 3.63) is 59.3 Å². The van der Waals surface area contributed by atoms with Gasteiger partial charge in [0.2, 0.25) is 0 Å². The number of carbonyl (C=O) groups is 1. The van der Waals surface area contributed by atoms with Crippen LogP contribution in [0.1, 0.15) is 87.0 Å². The lowest BCUT2D eigenvalue weighted by Crippen LogP contribution is -2.58. The van der Waals surface area contributed by atoms with E-state index in [9.17, 15) is 15.0 Å². The predicted molar refractivity (Wildman–Crippen MR) is 223 cm³/mol. The molecule has 4 fully saturated rings. The molecule has 1 spiro atoms. The minimum atomic E-state index is -1.70. The lowest BCUT2D eigenvalue weighted by molar-refractivity contribution is -0.318. The molecular weight excluding hydrogens is 789 g/mol. The maximum atomic E-state index is 14.4. The van der Waals surface area contributed by atoms with Crippen LogP contribution in [0.2, 0.25) is 0 Å². The summed E-state index contributed by atoms with van der Waals surface area (Å²) in [5.74, 6) is -2.54. The van der Waals surface area contributed by atoms with E-state index in [1.165, 1.54) is 0 Å². The number of hydrogen-bond acceptors (Lipinski definition) is 14. The highest BCUT2D eigenvalue weighted by Crippen LogP contribution is 2.47. The lowest BCUT2D eigenvalue weighted by atomic mass is 9.70. The third-order valence-electron chi connectivity index (χ3n) is 13.9. The van der Waals surface area contributed by atoms with E-state index in [-0.39, 0.29) is 36.8 Å². The summed E-state index contributed by atoms with van der Waals surface area (Å²) in [7, 11) is 4.81. The monoisotopic (exact) mass is 858 g/mol. The van der Waals surface area contributed by atoms with Gasteiger partial charge in [0.15, 0.2) is 18.4 Å². The van der Waals surface area contributed by atoms with Crippen molar-refractivity contribution >= 4 is 5.97 Å². The van der Waals surface area contributed by atoms with E-state index in [4.69, 9.17) is 52.1 Å². The first-order valence-corrected chi connectivity index (χ1v) is 22.3. The molecule has 18 unspecified atom stereocenters. The Morgan fingerprint density at radius 3 is 2.30 bits per heavy atom. The molecule has 0 aromatic heterocycles. The minimum absolute atomic E-state index is 0.0619. The van der Waals surface area contributed by atoms with Crippen molar-refractivity contribution in [1.29, 1.82) is 0 Å². The van der Waals surface area contributed by atoms with E-state index in [2.05, 4.69) is 39.8 Å². The molecular formula is C47H70O14. The highest BCUT2D eigenvalue weighted by molar-refractivity contribution is 5.78. The molecule has 7 aliphatic rings. The largest absolute Gasteiger partial charge is 0.462 e. The molecule has 14 heteroatoms. The number of aliphatic hydroxyl groups is 2. The molecule has 0 radical (unpaired) electrons. The van der Waals surface area contributed by atoms with Crippen LogP contribution in [0.3, 0.4) is 0 Å². The smallest absolute Gasteiger partial charge is 0.316 e. The highest BCUT2D eigenvalue weighted by atomic mass is 16.7. The topological polar surface area (TPSA) is 159 Å². The van der Waals surface area contributed by atoms with Gasteiger partial charge >= 0.3 is 5.97 Å². The van der Waals surface area contributed by atoms with Gasteiger partial charge in [0.1, 0.15) is 42.0 Å². The maximum Gasteiger partial charge on any atom is 0.316 e. The van der Waals surface area contributed by atoms with E-state index in [1.54, 1.807) is 34.3 Å². The van der Waals surface area contributed by atoms with Crippen molar-refractivity contribution in [2.24, 2.45) is 17.8 Å². The van der Waals surface area contributed by atoms with Gasteiger partial charge in [-0.3, -0.25) is 4.79 Å². The Bertz CT molecular complexity index is 1690. The van der Waals surface area contributed by atoms with Crippen LogP contribution < -0.4 is 0 Å². The van der Waals surface area contributed by atoms with Gasteiger partial charge in [0.25, 0.3) is 0 Å². The van der Waals surface area contributed by atoms with Gasteiger partial charge in [-0.1, -0.05) is 57.2 Å². The van der Waals surface area contributed by atoms with Gasteiger partial charge in [0.05, 0.1) is 49.3 Å². The molecule has 2 bridgehead atoms. The molecule has 4 saturated heterocycles. The number of allylic oxidation sites excluding steroid dienone is 2. The summed E-state index contributed by atoms with van der Waals surface area (Å²) in [6.07, 6.45) is 9.73. The number of aliphatic hydroxyl groups excluding tert-OH is 1. The van der Waals surface area contributed by atoms with Gasteiger partial charge in [-0.05, 0) is 69.2 Å². The van der Waals surface area contributed by atoms with E-state index in [0.717, 1.165) is 17.6 Å². The Kier molecular flexibility index (Phi) is 14.9. The van der Waals surface area contributed by atoms with Crippen LogP contribution in [0.5, 0.6) is 0 Å². The third kappa shape index (κ3) is 9.72. The number of carbonyl (C=O) groups excluding carboxylic acids is 1. The SMILES string of the molecule is COC1CC(OC2C(C)OC(OC3/C(C)=C/CC4CC(CC5(C=CCC(C(C)C)O5)O4)OC(=O)C4C=C(C)C(OC)C5OC/C(=C\C=C\C3C)C45O)CC2OC)OC(C)C1O. The molecule has 7 rings (SSSR count). The van der Waals surface area contributed by atoms with Crippen LogP contribution in [0.4, 0.5) is 0 Å². The molecule has 2 N–H and O–H groups in total. The summed E-state index contributed by atoms with van der Waals surface area (Å²) in [6.45, 7) is 14.1. The quantitative estimate of drug-likeness (QED) is 0.236. The lowest BCUT2D eigenvalue weighted by Gasteiger charge is -2.47. The van der Waals surface area contributed by atoms with Crippen molar-refractivity contribution in [3.8, 4) is 0 Å². The number of ether oxygens (including phenoxy) is 11. The zero-order chi connectivity index (χ0) is 43.8.